The molecule has 1 saturated heterocycles. The Morgan fingerprint density at radius 2 is 1.61 bits per heavy atom. The molecule has 0 saturated carbocycles. The van der Waals surface area contributed by atoms with E-state index in [4.69, 9.17) is 16.3 Å². The predicted octanol–water partition coefficient (Wildman–Crippen LogP) is 9.65. The summed E-state index contributed by atoms with van der Waals surface area (Å²) in [5.74, 6) is 0.00187. The van der Waals surface area contributed by atoms with E-state index in [1.807, 2.05) is 83.5 Å². The van der Waals surface area contributed by atoms with Crippen molar-refractivity contribution in [3.63, 3.8) is 0 Å². The molecular formula is C56H74ClN9O8S2. The molecular weight excluding hydrogens is 1030 g/mol. The zero-order chi connectivity index (χ0) is 55.5. The number of unbranched alkanes of at least 4 members (excludes halogenated alkanes) is 4. The van der Waals surface area contributed by atoms with Gasteiger partial charge in [0, 0.05) is 39.4 Å². The second-order valence-corrected chi connectivity index (χ2v) is 24.7. The van der Waals surface area contributed by atoms with Crippen LogP contribution in [0.3, 0.4) is 0 Å². The van der Waals surface area contributed by atoms with Crippen molar-refractivity contribution in [3.05, 3.63) is 99.8 Å². The molecule has 0 spiro atoms. The fourth-order valence-corrected chi connectivity index (χ4v) is 11.2. The number of carbonyl (C=O) groups is 4. The molecule has 0 radical (unpaired) electrons. The summed E-state index contributed by atoms with van der Waals surface area (Å²) < 4.78 is 31.8. The average molecular weight is 1100 g/mol. The van der Waals surface area contributed by atoms with Crippen LogP contribution in [0.4, 0.5) is 23.1 Å². The van der Waals surface area contributed by atoms with Gasteiger partial charge in [0.1, 0.15) is 22.9 Å². The van der Waals surface area contributed by atoms with Crippen molar-refractivity contribution in [1.29, 1.82) is 0 Å². The molecule has 6 rings (SSSR count). The van der Waals surface area contributed by atoms with E-state index in [1.165, 1.54) is 11.1 Å². The van der Waals surface area contributed by atoms with Gasteiger partial charge in [-0.1, -0.05) is 88.0 Å². The number of carbonyl (C=O) groups excluding carboxylic acids is 4. The van der Waals surface area contributed by atoms with Crippen LogP contribution in [0, 0.1) is 19.3 Å². The van der Waals surface area contributed by atoms with Crippen molar-refractivity contribution < 1.29 is 37.4 Å². The van der Waals surface area contributed by atoms with Crippen molar-refractivity contribution >= 4 is 79.5 Å². The van der Waals surface area contributed by atoms with E-state index in [2.05, 4.69) is 36.2 Å². The maximum Gasteiger partial charge on any atom is 0.246 e. The van der Waals surface area contributed by atoms with Crippen LogP contribution in [0.25, 0.3) is 10.4 Å². The molecule has 2 aromatic heterocycles. The lowest BCUT2D eigenvalue weighted by Gasteiger charge is -2.35. The van der Waals surface area contributed by atoms with Gasteiger partial charge in [0.15, 0.2) is 15.7 Å². The third-order valence-electron chi connectivity index (χ3n) is 13.7. The number of aliphatic hydroxyl groups excluding tert-OH is 1. The maximum absolute atomic E-state index is 14.1. The minimum Gasteiger partial charge on any atom is -0.495 e. The van der Waals surface area contributed by atoms with Gasteiger partial charge in [-0.15, -0.1) is 11.3 Å². The number of para-hydroxylation sites is 1. The first-order valence-corrected chi connectivity index (χ1v) is 28.7. The van der Waals surface area contributed by atoms with Gasteiger partial charge in [-0.05, 0) is 106 Å². The van der Waals surface area contributed by atoms with Gasteiger partial charge in [-0.3, -0.25) is 19.2 Å². The second kappa shape index (κ2) is 26.3. The number of nitrogens with one attached hydrogen (secondary N) is 4. The Hall–Kier alpha value is -6.15. The first-order chi connectivity index (χ1) is 36.0. The van der Waals surface area contributed by atoms with Gasteiger partial charge in [0.05, 0.1) is 63.1 Å². The number of ether oxygens (including phenoxy) is 1. The van der Waals surface area contributed by atoms with Gasteiger partial charge < -0.3 is 40.9 Å². The van der Waals surface area contributed by atoms with Crippen LogP contribution in [-0.4, -0.2) is 113 Å². The third kappa shape index (κ3) is 15.3. The highest BCUT2D eigenvalue weighted by Gasteiger charge is 2.44. The van der Waals surface area contributed by atoms with Crippen molar-refractivity contribution in [1.82, 2.24) is 35.4 Å². The lowest BCUT2D eigenvalue weighted by atomic mass is 9.85. The Bertz CT molecular complexity index is 2950. The van der Waals surface area contributed by atoms with Crippen molar-refractivity contribution in [2.45, 2.75) is 148 Å². The van der Waals surface area contributed by atoms with E-state index in [9.17, 15) is 32.7 Å². The number of hydrogen-bond acceptors (Lipinski definition) is 14. The Balaban J connectivity index is 0.917. The topological polar surface area (TPSA) is 225 Å². The molecule has 20 heteroatoms. The number of amides is 4. The number of hydrogen-bond donors (Lipinski definition) is 5. The number of methoxy groups -OCH3 is 1. The summed E-state index contributed by atoms with van der Waals surface area (Å²) in [6.07, 6.45) is 5.67. The Labute approximate surface area is 456 Å². The summed E-state index contributed by atoms with van der Waals surface area (Å²) in [7, 11) is -0.236. The number of likely N-dealkylation sites (tertiary alicyclic amines) is 1. The van der Waals surface area contributed by atoms with Gasteiger partial charge in [-0.2, -0.15) is 4.98 Å². The molecule has 3 heterocycles. The molecule has 1 aliphatic rings. The molecule has 5 N–H and O–H groups in total. The number of aliphatic hydroxyl groups is 1. The average Bonchev–Trinajstić information content (AvgIpc) is 4.00. The summed E-state index contributed by atoms with van der Waals surface area (Å²) in [6.45, 7) is 15.2. The lowest BCUT2D eigenvalue weighted by molar-refractivity contribution is -0.144. The number of aryl methyl sites for hydroxylation is 2. The molecule has 76 heavy (non-hydrogen) atoms. The van der Waals surface area contributed by atoms with Crippen LogP contribution >= 0.6 is 22.9 Å². The number of likely N-dealkylation sites (N-methyl/N-ethyl adjacent to an activating group) is 1. The molecule has 5 aromatic rings. The Morgan fingerprint density at radius 3 is 2.26 bits per heavy atom. The fraction of sp³-hybridized carbons (Fsp3) is 0.482. The monoisotopic (exact) mass is 1100 g/mol. The largest absolute Gasteiger partial charge is 0.495 e. The summed E-state index contributed by atoms with van der Waals surface area (Å²) >= 11 is 8.04. The van der Waals surface area contributed by atoms with Crippen LogP contribution in [0.5, 0.6) is 5.75 Å². The van der Waals surface area contributed by atoms with E-state index < -0.39 is 44.6 Å². The predicted molar refractivity (Wildman–Crippen MR) is 300 cm³/mol. The number of nitrogens with zero attached hydrogens (tertiary/aromatic N) is 5. The van der Waals surface area contributed by atoms with Crippen LogP contribution in [0.15, 0.2) is 77.3 Å². The maximum atomic E-state index is 14.1. The van der Waals surface area contributed by atoms with Crippen LogP contribution in [0.1, 0.15) is 121 Å². The van der Waals surface area contributed by atoms with E-state index >= 15 is 0 Å². The van der Waals surface area contributed by atoms with Gasteiger partial charge >= 0.3 is 0 Å². The quantitative estimate of drug-likeness (QED) is 0.0363. The second-order valence-electron chi connectivity index (χ2n) is 20.9. The number of anilines is 4. The third-order valence-corrected chi connectivity index (χ3v) is 17.2. The number of halogens is 1. The Morgan fingerprint density at radius 1 is 0.921 bits per heavy atom. The lowest BCUT2D eigenvalue weighted by Crippen LogP contribution is -2.57. The highest BCUT2D eigenvalue weighted by atomic mass is 35.5. The smallest absolute Gasteiger partial charge is 0.246 e. The minimum atomic E-state index is -3.60. The molecule has 4 atom stereocenters. The zero-order valence-electron chi connectivity index (χ0n) is 45.3. The molecule has 0 aliphatic carbocycles. The number of thiazole rings is 1. The van der Waals surface area contributed by atoms with Crippen LogP contribution < -0.4 is 26.0 Å². The van der Waals surface area contributed by atoms with Gasteiger partial charge in [0.2, 0.25) is 29.6 Å². The molecule has 410 valence electrons. The summed E-state index contributed by atoms with van der Waals surface area (Å²) in [4.78, 5) is 71.9. The van der Waals surface area contributed by atoms with Crippen molar-refractivity contribution in [3.8, 4) is 16.2 Å². The molecule has 4 amide bonds. The van der Waals surface area contributed by atoms with Crippen LogP contribution in [0.2, 0.25) is 5.02 Å². The molecule has 0 unspecified atom stereocenters. The summed E-state index contributed by atoms with van der Waals surface area (Å²) in [5, 5.41) is 22.5. The fourth-order valence-electron chi connectivity index (χ4n) is 9.05. The first kappa shape index (κ1) is 59.1. The number of aromatic nitrogens is 3. The minimum absolute atomic E-state index is 0.00375. The summed E-state index contributed by atoms with van der Waals surface area (Å²) in [5.41, 5.74) is 6.97. The molecule has 1 fully saturated rings. The standard InChI is InChI=1S/C56H74ClN9O8S2/c1-34(2)76(72,73)47-19-17-16-18-43(47)61-52-42(57)31-58-55(64-52)62-44-28-35(3)40(29-46(44)74-10)26-27-65(9)49(69)21-15-13-11-12-14-20-48(68)63-51(56(6,7)8)54(71)66-32-41(67)30-45(66)53(70)60-36(4)38-22-24-39(25-23-38)50-37(5)59-33-75-50/h16-19,22-25,28-29,31,33-34,36,41,45,51,67H,11-15,20-21,26-27,30,32H2,1-10H3,(H,60,70)(H,63,68)(H2,58,61,62,64)/t36-,41+,45+,51+/m0/s1. The van der Waals surface area contributed by atoms with Crippen molar-refractivity contribution in [2.24, 2.45) is 5.41 Å². The number of rotatable bonds is 24. The van der Waals surface area contributed by atoms with Gasteiger partial charge in [-0.25, -0.2) is 18.4 Å². The molecule has 0 bridgehead atoms. The first-order valence-electron chi connectivity index (χ1n) is 25.9. The van der Waals surface area contributed by atoms with Gasteiger partial charge in [0.25, 0.3) is 0 Å². The van der Waals surface area contributed by atoms with E-state index in [0.29, 0.717) is 49.4 Å². The van der Waals surface area contributed by atoms with E-state index in [1.54, 1.807) is 68.5 Å². The normalized spacial score (nSPS) is 15.5. The molecule has 1 aliphatic heterocycles. The number of β-amino-alcohol motifs (C(OH)–C–C–N with tert-alkyl or cyclic N) is 1. The van der Waals surface area contributed by atoms with Crippen molar-refractivity contribution in [2.75, 3.05) is 37.9 Å². The number of sulfone groups is 1. The van der Waals surface area contributed by atoms with E-state index in [-0.39, 0.29) is 64.8 Å². The highest BCUT2D eigenvalue weighted by Crippen LogP contribution is 2.35. The van der Waals surface area contributed by atoms with E-state index in [0.717, 1.165) is 52.1 Å². The SMILES string of the molecule is COc1cc(CCN(C)C(=O)CCCCCCCC(=O)N[C@H](C(=O)N2C[C@H](O)C[C@@H]2C(=O)N[C@@H](C)c2ccc(-c3scnc3C)cc2)C(C)(C)C)c(C)cc1Nc1ncc(Cl)c(Nc2ccccc2S(=O)(=O)C(C)C)n1. The summed E-state index contributed by atoms with van der Waals surface area (Å²) in [6, 6.07) is 16.2. The molecule has 3 aromatic carbocycles. The highest BCUT2D eigenvalue weighted by molar-refractivity contribution is 7.92. The zero-order valence-corrected chi connectivity index (χ0v) is 47.7. The Kier molecular flexibility index (Phi) is 20.4. The molecule has 17 nitrogen and oxygen atoms in total. The number of benzene rings is 3. The van der Waals surface area contributed by atoms with Crippen LogP contribution in [-0.2, 0) is 35.4 Å².